The van der Waals surface area contributed by atoms with Gasteiger partial charge in [-0.15, -0.1) is 0 Å². The summed E-state index contributed by atoms with van der Waals surface area (Å²) >= 11 is 0. The van der Waals surface area contributed by atoms with E-state index in [9.17, 15) is 20.1 Å². The number of hydrogen-bond donors (Lipinski definition) is 3. The lowest BCUT2D eigenvalue weighted by atomic mass is 9.60. The Morgan fingerprint density at radius 3 is 2.67 bits per heavy atom. The molecular weight excluding hydrogens is 522 g/mol. The predicted octanol–water partition coefficient (Wildman–Crippen LogP) is 6.53. The highest BCUT2D eigenvalue weighted by Gasteiger charge is 2.53. The third-order valence-corrected chi connectivity index (χ3v) is 11.5. The molecule has 3 saturated carbocycles. The van der Waals surface area contributed by atoms with Gasteiger partial charge in [-0.1, -0.05) is 81.8 Å². The summed E-state index contributed by atoms with van der Waals surface area (Å²) in [5, 5.41) is 31.9. The number of hydrogen-bond acceptors (Lipinski definition) is 4. The Bertz CT molecular complexity index is 1190. The van der Waals surface area contributed by atoms with E-state index in [1.807, 2.05) is 30.0 Å². The van der Waals surface area contributed by atoms with Crippen LogP contribution in [0.15, 0.2) is 65.8 Å². The molecule has 4 fully saturated rings. The number of carbonyl (C=O) groups is 1. The summed E-state index contributed by atoms with van der Waals surface area (Å²) in [6.07, 6.45) is 13.7. The molecule has 1 heterocycles. The van der Waals surface area contributed by atoms with Crippen LogP contribution in [0.2, 0.25) is 0 Å². The number of carbonyl (C=O) groups excluding carboxylic acids is 1. The lowest BCUT2D eigenvalue weighted by Crippen LogP contribution is -2.42. The number of amides is 1. The first kappa shape index (κ1) is 31.2. The number of benzene rings is 1. The zero-order valence-corrected chi connectivity index (χ0v) is 26.1. The monoisotopic (exact) mass is 575 g/mol. The van der Waals surface area contributed by atoms with Gasteiger partial charge in [-0.2, -0.15) is 0 Å². The lowest BCUT2D eigenvalue weighted by molar-refractivity contribution is -0.144. The molecule has 0 spiro atoms. The second kappa shape index (κ2) is 12.8. The largest absolute Gasteiger partial charge is 0.393 e. The van der Waals surface area contributed by atoms with E-state index >= 15 is 0 Å². The number of aliphatic hydroxyl groups is 3. The van der Waals surface area contributed by atoms with Crippen molar-refractivity contribution in [3.8, 4) is 0 Å². The molecule has 1 saturated heterocycles. The summed E-state index contributed by atoms with van der Waals surface area (Å²) < 4.78 is 0. The number of allylic oxidation sites excluding steroid dienone is 3. The second-order valence-corrected chi connectivity index (χ2v) is 14.3. The highest BCUT2D eigenvalue weighted by Crippen LogP contribution is 2.60. The van der Waals surface area contributed by atoms with Crippen molar-refractivity contribution < 1.29 is 20.1 Å². The molecule has 1 aliphatic heterocycles. The van der Waals surface area contributed by atoms with Crippen molar-refractivity contribution >= 4 is 5.91 Å². The van der Waals surface area contributed by atoms with Crippen LogP contribution in [0.4, 0.5) is 0 Å². The number of likely N-dealkylation sites (tertiary alicyclic amines) is 1. The summed E-state index contributed by atoms with van der Waals surface area (Å²) in [7, 11) is 0. The van der Waals surface area contributed by atoms with Crippen LogP contribution >= 0.6 is 0 Å². The van der Waals surface area contributed by atoms with Crippen LogP contribution in [0, 0.1) is 23.2 Å². The molecule has 0 aromatic heterocycles. The standard InChI is InChI=1S/C37H53NO4/c1-5-18-37(42)24-30(38(35(37)41)20-17-27-10-7-6-8-11-27)21-25(2)32-15-16-33-28(12-9-19-36(32,33)4)13-14-29-22-31(39)23-34(40)26(29)3/h6-8,10-11,13-14,25,30-34,39-40,42H,3,5,9,12,15-24H2,1-2,4H3/t25-,30?,31-,32-,33+,34+,36-,37?/m1/s1. The zero-order chi connectivity index (χ0) is 30.1. The Labute approximate surface area is 253 Å². The molecule has 2 unspecified atom stereocenters. The van der Waals surface area contributed by atoms with Crippen LogP contribution in [0.5, 0.6) is 0 Å². The van der Waals surface area contributed by atoms with Crippen LogP contribution in [0.25, 0.3) is 0 Å². The maximum absolute atomic E-state index is 13.6. The Balaban J connectivity index is 1.30. The minimum atomic E-state index is -1.23. The van der Waals surface area contributed by atoms with Gasteiger partial charge in [-0.05, 0) is 97.7 Å². The first-order valence-electron chi connectivity index (χ1n) is 16.6. The number of aliphatic hydroxyl groups excluding tert-OH is 2. The fraction of sp³-hybridized carbons (Fsp3) is 0.649. The normalized spacial score (nSPS) is 38.0. The molecule has 42 heavy (non-hydrogen) atoms. The molecule has 1 amide bonds. The molecule has 5 heteroatoms. The van der Waals surface area contributed by atoms with Gasteiger partial charge < -0.3 is 20.2 Å². The fourth-order valence-corrected chi connectivity index (χ4v) is 9.30. The van der Waals surface area contributed by atoms with E-state index in [0.29, 0.717) is 50.0 Å². The van der Waals surface area contributed by atoms with Crippen LogP contribution in [-0.2, 0) is 11.2 Å². The van der Waals surface area contributed by atoms with E-state index in [-0.39, 0.29) is 17.4 Å². The molecule has 0 radical (unpaired) electrons. The molecule has 0 bridgehead atoms. The molecule has 1 aromatic carbocycles. The van der Waals surface area contributed by atoms with Gasteiger partial charge in [0.05, 0.1) is 12.2 Å². The average molecular weight is 576 g/mol. The van der Waals surface area contributed by atoms with Crippen molar-refractivity contribution in [3.63, 3.8) is 0 Å². The zero-order valence-electron chi connectivity index (χ0n) is 26.1. The maximum atomic E-state index is 13.6. The predicted molar refractivity (Wildman–Crippen MR) is 169 cm³/mol. The summed E-state index contributed by atoms with van der Waals surface area (Å²) in [6.45, 7) is 11.7. The Morgan fingerprint density at radius 2 is 1.93 bits per heavy atom. The smallest absolute Gasteiger partial charge is 0.254 e. The van der Waals surface area contributed by atoms with E-state index in [1.165, 1.54) is 36.8 Å². The van der Waals surface area contributed by atoms with E-state index in [0.717, 1.165) is 36.8 Å². The van der Waals surface area contributed by atoms with Gasteiger partial charge in [0.25, 0.3) is 5.91 Å². The van der Waals surface area contributed by atoms with Crippen molar-refractivity contribution in [1.29, 1.82) is 0 Å². The molecule has 5 rings (SSSR count). The van der Waals surface area contributed by atoms with Crippen molar-refractivity contribution in [2.75, 3.05) is 6.54 Å². The minimum absolute atomic E-state index is 0.0662. The number of rotatable bonds is 9. The molecule has 3 aliphatic carbocycles. The molecule has 4 aliphatic rings. The third-order valence-electron chi connectivity index (χ3n) is 11.5. The summed E-state index contributed by atoms with van der Waals surface area (Å²) in [5.74, 6) is 1.52. The van der Waals surface area contributed by atoms with Crippen LogP contribution in [0.1, 0.15) is 97.0 Å². The minimum Gasteiger partial charge on any atom is -0.393 e. The van der Waals surface area contributed by atoms with Crippen molar-refractivity contribution in [3.05, 3.63) is 71.3 Å². The maximum Gasteiger partial charge on any atom is 0.254 e. The Kier molecular flexibility index (Phi) is 9.51. The van der Waals surface area contributed by atoms with E-state index in [4.69, 9.17) is 0 Å². The summed E-state index contributed by atoms with van der Waals surface area (Å²) in [6, 6.07) is 10.4. The van der Waals surface area contributed by atoms with Gasteiger partial charge in [0.2, 0.25) is 0 Å². The van der Waals surface area contributed by atoms with E-state index < -0.39 is 17.8 Å². The molecule has 8 atom stereocenters. The van der Waals surface area contributed by atoms with Gasteiger partial charge in [0.15, 0.2) is 0 Å². The third kappa shape index (κ3) is 6.21. The van der Waals surface area contributed by atoms with Gasteiger partial charge in [0, 0.05) is 25.4 Å². The molecule has 230 valence electrons. The lowest BCUT2D eigenvalue weighted by Gasteiger charge is -2.45. The first-order chi connectivity index (χ1) is 20.1. The van der Waals surface area contributed by atoms with Crippen molar-refractivity contribution in [2.45, 2.75) is 122 Å². The highest BCUT2D eigenvalue weighted by molar-refractivity contribution is 5.87. The van der Waals surface area contributed by atoms with Gasteiger partial charge in [-0.3, -0.25) is 4.79 Å². The van der Waals surface area contributed by atoms with Crippen LogP contribution in [-0.4, -0.2) is 56.5 Å². The number of fused-ring (bicyclic) bond motifs is 1. The molecule has 5 nitrogen and oxygen atoms in total. The van der Waals surface area contributed by atoms with Gasteiger partial charge in [0.1, 0.15) is 5.60 Å². The van der Waals surface area contributed by atoms with E-state index in [2.05, 4.69) is 44.7 Å². The Morgan fingerprint density at radius 1 is 1.17 bits per heavy atom. The summed E-state index contributed by atoms with van der Waals surface area (Å²) in [5.41, 5.74) is 3.46. The van der Waals surface area contributed by atoms with Gasteiger partial charge in [-0.25, -0.2) is 0 Å². The SMILES string of the molecule is C=C1C(=CC=C2CCC[C@]3(C)[C@@H]([C@H](C)CC4CC(O)(CCC)C(=O)N4CCc4ccccc4)CC[C@@H]23)C[C@@H](O)C[C@@H]1O. The number of nitrogens with zero attached hydrogens (tertiary/aromatic N) is 1. The van der Waals surface area contributed by atoms with Crippen molar-refractivity contribution in [1.82, 2.24) is 4.90 Å². The quantitative estimate of drug-likeness (QED) is 0.313. The topological polar surface area (TPSA) is 81.0 Å². The van der Waals surface area contributed by atoms with Crippen LogP contribution < -0.4 is 0 Å². The fourth-order valence-electron chi connectivity index (χ4n) is 9.30. The second-order valence-electron chi connectivity index (χ2n) is 14.3. The molecule has 3 N–H and O–H groups in total. The highest BCUT2D eigenvalue weighted by atomic mass is 16.3. The Hall–Kier alpha value is -2.21. The average Bonchev–Trinajstić information content (AvgIpc) is 3.42. The van der Waals surface area contributed by atoms with E-state index in [1.54, 1.807) is 0 Å². The van der Waals surface area contributed by atoms with Crippen molar-refractivity contribution in [2.24, 2.45) is 23.2 Å². The first-order valence-corrected chi connectivity index (χ1v) is 16.6. The molecular formula is C37H53NO4. The van der Waals surface area contributed by atoms with Crippen LogP contribution in [0.3, 0.4) is 0 Å². The molecule has 1 aromatic rings. The van der Waals surface area contributed by atoms with Gasteiger partial charge >= 0.3 is 0 Å². The summed E-state index contributed by atoms with van der Waals surface area (Å²) in [4.78, 5) is 15.6.